The molecule has 1 heterocycles. The minimum atomic E-state index is -4.62. The van der Waals surface area contributed by atoms with E-state index < -0.39 is 10.4 Å². The summed E-state index contributed by atoms with van der Waals surface area (Å²) in [7, 11) is -4.62. The normalized spacial score (nSPS) is 19.1. The van der Waals surface area contributed by atoms with Crippen molar-refractivity contribution in [1.29, 1.82) is 0 Å². The number of nitrogens with zero attached hydrogens (tertiary/aromatic N) is 1. The third-order valence-corrected chi connectivity index (χ3v) is 3.97. The second-order valence-electron chi connectivity index (χ2n) is 5.01. The van der Waals surface area contributed by atoms with Crippen molar-refractivity contribution in [2.24, 2.45) is 0 Å². The molecule has 0 aromatic carbocycles. The maximum Gasteiger partial charge on any atom is 0.217 e. The van der Waals surface area contributed by atoms with Gasteiger partial charge < -0.3 is 14.4 Å². The fourth-order valence-electron chi connectivity index (χ4n) is 2.54. The van der Waals surface area contributed by atoms with Gasteiger partial charge >= 0.3 is 0 Å². The molecule has 8 heteroatoms. The predicted molar refractivity (Wildman–Crippen MR) is 67.9 cm³/mol. The van der Waals surface area contributed by atoms with Gasteiger partial charge in [0, 0.05) is 6.92 Å². The molecule has 1 fully saturated rings. The van der Waals surface area contributed by atoms with Crippen LogP contribution in [0, 0.1) is 0 Å². The quantitative estimate of drug-likeness (QED) is 0.391. The van der Waals surface area contributed by atoms with E-state index in [-0.39, 0.29) is 12.5 Å². The number of piperidine rings is 1. The summed E-state index contributed by atoms with van der Waals surface area (Å²) in [6.45, 7) is 5.02. The molecule has 1 saturated heterocycles. The molecule has 0 bridgehead atoms. The average Bonchev–Trinajstić information content (AvgIpc) is 2.28. The molecule has 0 aromatic rings. The summed E-state index contributed by atoms with van der Waals surface area (Å²) in [6, 6.07) is 0. The van der Waals surface area contributed by atoms with Gasteiger partial charge in [0.1, 0.15) is 13.2 Å². The molecule has 112 valence electrons. The van der Waals surface area contributed by atoms with Crippen molar-refractivity contribution in [3.63, 3.8) is 0 Å². The van der Waals surface area contributed by atoms with Crippen molar-refractivity contribution in [3.05, 3.63) is 0 Å². The molecular formula is C11H22N2O5S. The Morgan fingerprint density at radius 1 is 1.26 bits per heavy atom. The van der Waals surface area contributed by atoms with Crippen molar-refractivity contribution < 1.29 is 26.4 Å². The van der Waals surface area contributed by atoms with Crippen molar-refractivity contribution in [2.75, 3.05) is 39.3 Å². The van der Waals surface area contributed by atoms with Crippen LogP contribution < -0.4 is 5.32 Å². The molecule has 0 saturated carbocycles. The monoisotopic (exact) mass is 294 g/mol. The molecule has 19 heavy (non-hydrogen) atoms. The summed E-state index contributed by atoms with van der Waals surface area (Å²) in [5.74, 6) is -0.0754. The summed E-state index contributed by atoms with van der Waals surface area (Å²) >= 11 is 0. The van der Waals surface area contributed by atoms with Crippen LogP contribution >= 0.6 is 0 Å². The molecule has 0 unspecified atom stereocenters. The Morgan fingerprint density at radius 3 is 2.42 bits per heavy atom. The van der Waals surface area contributed by atoms with E-state index in [0.717, 1.165) is 32.5 Å². The molecule has 0 aromatic heterocycles. The van der Waals surface area contributed by atoms with E-state index >= 15 is 0 Å². The number of hydrogen-bond acceptors (Lipinski definition) is 5. The first-order valence-electron chi connectivity index (χ1n) is 6.53. The summed E-state index contributed by atoms with van der Waals surface area (Å²) in [5, 5.41) is 2.75. The van der Waals surface area contributed by atoms with Gasteiger partial charge in [-0.3, -0.25) is 8.98 Å². The van der Waals surface area contributed by atoms with E-state index in [1.807, 2.05) is 0 Å². The first kappa shape index (κ1) is 16.4. The van der Waals surface area contributed by atoms with Crippen LogP contribution in [-0.4, -0.2) is 62.7 Å². The lowest BCUT2D eigenvalue weighted by molar-refractivity contribution is -0.931. The molecule has 1 amide bonds. The van der Waals surface area contributed by atoms with Gasteiger partial charge in [0.2, 0.25) is 16.3 Å². The second-order valence-corrected chi connectivity index (χ2v) is 6.06. The van der Waals surface area contributed by atoms with Crippen molar-refractivity contribution in [1.82, 2.24) is 5.32 Å². The van der Waals surface area contributed by atoms with Crippen LogP contribution in [0.4, 0.5) is 0 Å². The summed E-state index contributed by atoms with van der Waals surface area (Å²) in [6.07, 6.45) is 3.31. The zero-order valence-corrected chi connectivity index (χ0v) is 12.1. The topological polar surface area (TPSA) is 95.5 Å². The maximum atomic E-state index is 10.9. The molecule has 7 nitrogen and oxygen atoms in total. The highest BCUT2D eigenvalue weighted by molar-refractivity contribution is 7.80. The van der Waals surface area contributed by atoms with E-state index in [1.54, 1.807) is 0 Å². The molecule has 0 radical (unpaired) electrons. The second kappa shape index (κ2) is 7.18. The zero-order valence-electron chi connectivity index (χ0n) is 11.3. The van der Waals surface area contributed by atoms with Gasteiger partial charge in [0.05, 0.1) is 26.2 Å². The van der Waals surface area contributed by atoms with E-state index in [9.17, 15) is 17.8 Å². The third kappa shape index (κ3) is 6.86. The Morgan fingerprint density at radius 2 is 1.89 bits per heavy atom. The Balaban J connectivity index is 2.47. The van der Waals surface area contributed by atoms with Crippen LogP contribution in [0.15, 0.2) is 0 Å². The lowest BCUT2D eigenvalue weighted by atomic mass is 10.1. The van der Waals surface area contributed by atoms with Gasteiger partial charge in [0.25, 0.3) is 0 Å². The lowest BCUT2D eigenvalue weighted by Gasteiger charge is -2.41. The van der Waals surface area contributed by atoms with Crippen LogP contribution in [0.5, 0.6) is 0 Å². The van der Waals surface area contributed by atoms with Gasteiger partial charge in [-0.1, -0.05) is 0 Å². The summed E-state index contributed by atoms with van der Waals surface area (Å²) < 4.78 is 36.3. The van der Waals surface area contributed by atoms with Gasteiger partial charge in [-0.05, 0) is 19.3 Å². The number of carbonyl (C=O) groups excluding carboxylic acids is 1. The molecule has 0 atom stereocenters. The summed E-state index contributed by atoms with van der Waals surface area (Å²) in [5.41, 5.74) is 0. The largest absolute Gasteiger partial charge is 0.726 e. The lowest BCUT2D eigenvalue weighted by Crippen LogP contribution is -2.56. The Bertz CT molecular complexity index is 390. The molecule has 1 N–H and O–H groups in total. The molecule has 0 spiro atoms. The molecule has 1 aliphatic heterocycles. The maximum absolute atomic E-state index is 10.9. The fourth-order valence-corrected chi connectivity index (χ4v) is 2.82. The van der Waals surface area contributed by atoms with Gasteiger partial charge in [-0.15, -0.1) is 0 Å². The summed E-state index contributed by atoms with van der Waals surface area (Å²) in [4.78, 5) is 10.9. The molecule has 1 aliphatic rings. The van der Waals surface area contributed by atoms with Crippen molar-refractivity contribution in [3.8, 4) is 0 Å². The highest BCUT2D eigenvalue weighted by Gasteiger charge is 2.29. The number of likely N-dealkylation sites (tertiary alicyclic amines) is 1. The number of amides is 1. The first-order chi connectivity index (χ1) is 8.83. The number of carbonyl (C=O) groups is 1. The predicted octanol–water partition coefficient (Wildman–Crippen LogP) is -0.400. The number of quaternary nitrogens is 1. The van der Waals surface area contributed by atoms with Crippen LogP contribution in [0.1, 0.15) is 26.2 Å². The highest BCUT2D eigenvalue weighted by atomic mass is 32.3. The number of rotatable bonds is 7. The molecule has 0 aliphatic carbocycles. The average molecular weight is 294 g/mol. The zero-order chi connectivity index (χ0) is 14.4. The smallest absolute Gasteiger partial charge is 0.217 e. The van der Waals surface area contributed by atoms with E-state index in [2.05, 4.69) is 9.50 Å². The Labute approximate surface area is 114 Å². The van der Waals surface area contributed by atoms with E-state index in [0.29, 0.717) is 17.6 Å². The van der Waals surface area contributed by atoms with Crippen LogP contribution in [0.25, 0.3) is 0 Å². The Kier molecular flexibility index (Phi) is 6.18. The SMILES string of the molecule is CC(=O)NCC[N+]1(CCOS(=O)(=O)[O-])CCCCC1. The van der Waals surface area contributed by atoms with Crippen molar-refractivity contribution in [2.45, 2.75) is 26.2 Å². The van der Waals surface area contributed by atoms with Gasteiger partial charge in [0.15, 0.2) is 0 Å². The Hall–Kier alpha value is -0.700. The third-order valence-electron chi connectivity index (χ3n) is 3.52. The van der Waals surface area contributed by atoms with E-state index in [1.165, 1.54) is 13.3 Å². The number of nitrogens with one attached hydrogen (secondary N) is 1. The molecular weight excluding hydrogens is 272 g/mol. The first-order valence-corrected chi connectivity index (χ1v) is 7.86. The van der Waals surface area contributed by atoms with Crippen LogP contribution in [-0.2, 0) is 19.4 Å². The highest BCUT2D eigenvalue weighted by Crippen LogP contribution is 2.18. The van der Waals surface area contributed by atoms with E-state index in [4.69, 9.17) is 0 Å². The van der Waals surface area contributed by atoms with Crippen LogP contribution in [0.2, 0.25) is 0 Å². The van der Waals surface area contributed by atoms with Gasteiger partial charge in [-0.2, -0.15) is 0 Å². The van der Waals surface area contributed by atoms with Crippen LogP contribution in [0.3, 0.4) is 0 Å². The standard InChI is InChI=1S/C11H22N2O5S/c1-11(14)12-5-8-13(6-3-2-4-7-13)9-10-18-19(15,16)17/h2-10H2,1H3,(H-,12,14,15,16,17). The van der Waals surface area contributed by atoms with Crippen molar-refractivity contribution >= 4 is 16.3 Å². The fraction of sp³-hybridized carbons (Fsp3) is 0.909. The molecule has 1 rings (SSSR count). The minimum absolute atomic E-state index is 0.0754. The number of hydrogen-bond donors (Lipinski definition) is 1. The van der Waals surface area contributed by atoms with Gasteiger partial charge in [-0.25, -0.2) is 8.42 Å². The minimum Gasteiger partial charge on any atom is -0.726 e.